The van der Waals surface area contributed by atoms with Gasteiger partial charge in [0.1, 0.15) is 0 Å². The number of nitrogen functional groups attached to an aromatic ring is 1. The number of aromatic nitrogens is 1. The van der Waals surface area contributed by atoms with Crippen molar-refractivity contribution in [2.24, 2.45) is 0 Å². The molecule has 0 atom stereocenters. The van der Waals surface area contributed by atoms with Crippen LogP contribution in [0, 0.1) is 23.0 Å². The quantitative estimate of drug-likeness (QED) is 0.830. The van der Waals surface area contributed by atoms with Crippen LogP contribution in [-0.4, -0.2) is 31.8 Å². The third-order valence-corrected chi connectivity index (χ3v) is 2.30. The first-order chi connectivity index (χ1) is 8.60. The van der Waals surface area contributed by atoms with Crippen LogP contribution in [0.4, 0.5) is 20.4 Å². The van der Waals surface area contributed by atoms with Gasteiger partial charge in [-0.1, -0.05) is 0 Å². The Morgan fingerprint density at radius 3 is 2.78 bits per heavy atom. The van der Waals surface area contributed by atoms with E-state index in [0.29, 0.717) is 19.2 Å². The summed E-state index contributed by atoms with van der Waals surface area (Å²) in [7, 11) is 1.51. The summed E-state index contributed by atoms with van der Waals surface area (Å²) >= 11 is 0. The minimum absolute atomic E-state index is 0.0683. The van der Waals surface area contributed by atoms with Crippen molar-refractivity contribution in [3.63, 3.8) is 0 Å². The molecule has 7 heteroatoms. The third kappa shape index (κ3) is 3.53. The van der Waals surface area contributed by atoms with Crippen LogP contribution in [0.1, 0.15) is 6.42 Å². The topological polar surface area (TPSA) is 75.2 Å². The Morgan fingerprint density at radius 1 is 1.44 bits per heavy atom. The number of nitriles is 1. The number of hydrogen-bond acceptors (Lipinski definition) is 5. The van der Waals surface area contributed by atoms with E-state index in [2.05, 4.69) is 4.98 Å². The summed E-state index contributed by atoms with van der Waals surface area (Å²) in [6, 6.07) is 2.64. The van der Waals surface area contributed by atoms with Gasteiger partial charge in [0, 0.05) is 26.3 Å². The lowest BCUT2D eigenvalue weighted by Gasteiger charge is -2.22. The molecule has 0 bridgehead atoms. The summed E-state index contributed by atoms with van der Waals surface area (Å²) in [6.07, 6.45) is 0.197. The Balaban J connectivity index is 2.96. The molecule has 0 saturated carbocycles. The van der Waals surface area contributed by atoms with E-state index in [1.54, 1.807) is 0 Å². The largest absolute Gasteiger partial charge is 0.383 e. The Morgan fingerprint density at radius 2 is 2.17 bits per heavy atom. The summed E-state index contributed by atoms with van der Waals surface area (Å²) in [5, 5.41) is 8.55. The molecule has 0 aromatic carbocycles. The van der Waals surface area contributed by atoms with E-state index in [1.807, 2.05) is 6.07 Å². The molecule has 0 aliphatic heterocycles. The number of ether oxygens (including phenoxy) is 1. The molecule has 2 N–H and O–H groups in total. The van der Waals surface area contributed by atoms with Crippen molar-refractivity contribution in [3.8, 4) is 6.07 Å². The molecule has 0 amide bonds. The van der Waals surface area contributed by atoms with Crippen LogP contribution in [0.5, 0.6) is 0 Å². The van der Waals surface area contributed by atoms with Gasteiger partial charge >= 0.3 is 0 Å². The summed E-state index contributed by atoms with van der Waals surface area (Å²) in [5.74, 6) is -2.15. The van der Waals surface area contributed by atoms with Gasteiger partial charge in [0.15, 0.2) is 23.3 Å². The summed E-state index contributed by atoms with van der Waals surface area (Å²) < 4.78 is 31.5. The molecule has 0 aliphatic carbocycles. The molecule has 0 saturated heterocycles. The van der Waals surface area contributed by atoms with Crippen LogP contribution in [-0.2, 0) is 4.74 Å². The zero-order chi connectivity index (χ0) is 13.5. The van der Waals surface area contributed by atoms with Crippen molar-refractivity contribution in [2.75, 3.05) is 37.4 Å². The van der Waals surface area contributed by atoms with E-state index in [1.165, 1.54) is 12.0 Å². The van der Waals surface area contributed by atoms with Crippen molar-refractivity contribution >= 4 is 11.6 Å². The fourth-order valence-corrected chi connectivity index (χ4v) is 1.40. The van der Waals surface area contributed by atoms with Crippen molar-refractivity contribution in [1.82, 2.24) is 4.98 Å². The average Bonchev–Trinajstić information content (AvgIpc) is 2.35. The maximum Gasteiger partial charge on any atom is 0.168 e. The first-order valence-corrected chi connectivity index (χ1v) is 5.32. The molecule has 0 fully saturated rings. The van der Waals surface area contributed by atoms with Gasteiger partial charge in [0.2, 0.25) is 0 Å². The smallest absolute Gasteiger partial charge is 0.168 e. The highest BCUT2D eigenvalue weighted by Gasteiger charge is 2.16. The van der Waals surface area contributed by atoms with E-state index >= 15 is 0 Å². The highest BCUT2D eigenvalue weighted by atomic mass is 19.1. The van der Waals surface area contributed by atoms with Gasteiger partial charge in [-0.25, -0.2) is 13.8 Å². The van der Waals surface area contributed by atoms with E-state index in [4.69, 9.17) is 15.7 Å². The van der Waals surface area contributed by atoms with Crippen LogP contribution in [0.25, 0.3) is 0 Å². The molecular formula is C11H14F2N4O. The van der Waals surface area contributed by atoms with Gasteiger partial charge in [-0.3, -0.25) is 0 Å². The number of hydrogen-bond donors (Lipinski definition) is 1. The van der Waals surface area contributed by atoms with Gasteiger partial charge in [-0.2, -0.15) is 5.26 Å². The fraction of sp³-hybridized carbons (Fsp3) is 0.455. The maximum absolute atomic E-state index is 13.6. The lowest BCUT2D eigenvalue weighted by molar-refractivity contribution is 0.205. The van der Waals surface area contributed by atoms with E-state index in [0.717, 1.165) is 0 Å². The minimum Gasteiger partial charge on any atom is -0.383 e. The van der Waals surface area contributed by atoms with Gasteiger partial charge in [0.25, 0.3) is 0 Å². The van der Waals surface area contributed by atoms with Gasteiger partial charge in [-0.05, 0) is 0 Å². The number of nitrogens with zero attached hydrogens (tertiary/aromatic N) is 3. The molecule has 0 radical (unpaired) electrons. The van der Waals surface area contributed by atoms with Crippen LogP contribution < -0.4 is 10.6 Å². The number of pyridine rings is 1. The molecule has 1 rings (SSSR count). The second-order valence-corrected chi connectivity index (χ2v) is 3.55. The lowest BCUT2D eigenvalue weighted by atomic mass is 10.3. The standard InChI is InChI=1S/C11H14F2N4O/c1-18-6-5-17(4-2-3-14)11-9(13)7-8(12)10(15)16-11/h7H,2,4-6H2,1H3,(H2,15,16). The van der Waals surface area contributed by atoms with Crippen molar-refractivity contribution in [3.05, 3.63) is 17.7 Å². The molecule has 1 aromatic heterocycles. The Bertz CT molecular complexity index is 447. The Kier molecular flexibility index (Phi) is 5.27. The Labute approximate surface area is 104 Å². The van der Waals surface area contributed by atoms with Crippen LogP contribution in [0.3, 0.4) is 0 Å². The van der Waals surface area contributed by atoms with Gasteiger partial charge in [0.05, 0.1) is 19.1 Å². The molecular weight excluding hydrogens is 242 g/mol. The second kappa shape index (κ2) is 6.71. The van der Waals surface area contributed by atoms with E-state index in [-0.39, 0.29) is 24.6 Å². The van der Waals surface area contributed by atoms with Crippen molar-refractivity contribution in [2.45, 2.75) is 6.42 Å². The molecule has 1 aromatic rings. The molecule has 98 valence electrons. The zero-order valence-electron chi connectivity index (χ0n) is 9.99. The molecule has 0 unspecified atom stereocenters. The summed E-state index contributed by atoms with van der Waals surface area (Å²) in [6.45, 7) is 0.950. The Hall–Kier alpha value is -1.94. The fourth-order valence-electron chi connectivity index (χ4n) is 1.40. The SMILES string of the molecule is COCCN(CCC#N)c1nc(N)c(F)cc1F. The predicted octanol–water partition coefficient (Wildman–Crippen LogP) is 1.31. The van der Waals surface area contributed by atoms with E-state index in [9.17, 15) is 8.78 Å². The number of rotatable bonds is 6. The predicted molar refractivity (Wildman–Crippen MR) is 62.9 cm³/mol. The average molecular weight is 256 g/mol. The van der Waals surface area contributed by atoms with Crippen LogP contribution in [0.15, 0.2) is 6.07 Å². The monoisotopic (exact) mass is 256 g/mol. The number of methoxy groups -OCH3 is 1. The number of nitrogens with two attached hydrogens (primary N) is 1. The molecule has 18 heavy (non-hydrogen) atoms. The van der Waals surface area contributed by atoms with Crippen LogP contribution >= 0.6 is 0 Å². The molecule has 0 aliphatic rings. The summed E-state index contributed by atoms with van der Waals surface area (Å²) in [5.41, 5.74) is 5.31. The molecule has 1 heterocycles. The molecule has 0 spiro atoms. The van der Waals surface area contributed by atoms with Gasteiger partial charge in [-0.15, -0.1) is 0 Å². The first-order valence-electron chi connectivity index (χ1n) is 5.32. The first kappa shape index (κ1) is 14.1. The minimum atomic E-state index is -0.900. The third-order valence-electron chi connectivity index (χ3n) is 2.30. The number of halogens is 2. The van der Waals surface area contributed by atoms with Gasteiger partial charge < -0.3 is 15.4 Å². The highest BCUT2D eigenvalue weighted by molar-refractivity contribution is 5.47. The lowest BCUT2D eigenvalue weighted by Crippen LogP contribution is -2.30. The van der Waals surface area contributed by atoms with E-state index < -0.39 is 11.6 Å². The van der Waals surface area contributed by atoms with Crippen molar-refractivity contribution in [1.29, 1.82) is 5.26 Å². The van der Waals surface area contributed by atoms with Crippen LogP contribution in [0.2, 0.25) is 0 Å². The zero-order valence-corrected chi connectivity index (χ0v) is 9.99. The van der Waals surface area contributed by atoms with Crippen molar-refractivity contribution < 1.29 is 13.5 Å². The second-order valence-electron chi connectivity index (χ2n) is 3.55. The number of anilines is 2. The highest BCUT2D eigenvalue weighted by Crippen LogP contribution is 2.20. The summed E-state index contributed by atoms with van der Waals surface area (Å²) in [4.78, 5) is 5.17. The molecule has 5 nitrogen and oxygen atoms in total. The maximum atomic E-state index is 13.6. The normalized spacial score (nSPS) is 10.1.